The summed E-state index contributed by atoms with van der Waals surface area (Å²) in [5.41, 5.74) is 2.71. The van der Waals surface area contributed by atoms with Crippen molar-refractivity contribution in [2.75, 3.05) is 31.2 Å². The molecule has 4 heterocycles. The van der Waals surface area contributed by atoms with Crippen molar-refractivity contribution in [2.24, 2.45) is 5.92 Å². The Hall–Kier alpha value is -2.24. The summed E-state index contributed by atoms with van der Waals surface area (Å²) in [6.45, 7) is 3.50. The Morgan fingerprint density at radius 1 is 1.37 bits per heavy atom. The highest BCUT2D eigenvalue weighted by atomic mass is 79.9. The smallest absolute Gasteiger partial charge is 0.316 e. The summed E-state index contributed by atoms with van der Waals surface area (Å²) in [6.07, 6.45) is 6.27. The summed E-state index contributed by atoms with van der Waals surface area (Å²) in [5, 5.41) is 9.59. The van der Waals surface area contributed by atoms with Crippen LogP contribution in [0.15, 0.2) is 22.9 Å². The number of fused-ring (bicyclic) bond motifs is 1. The zero-order valence-corrected chi connectivity index (χ0v) is 16.5. The predicted octanol–water partition coefficient (Wildman–Crippen LogP) is 2.87. The Bertz CT molecular complexity index is 852. The Balaban J connectivity index is 1.46. The van der Waals surface area contributed by atoms with Crippen LogP contribution in [0.3, 0.4) is 0 Å². The number of halogens is 1. The highest BCUT2D eigenvalue weighted by Gasteiger charge is 2.25. The second kappa shape index (κ2) is 8.19. The molecule has 1 unspecified atom stereocenters. The van der Waals surface area contributed by atoms with Crippen molar-refractivity contribution in [1.82, 2.24) is 15.0 Å². The van der Waals surface area contributed by atoms with E-state index in [1.165, 1.54) is 0 Å². The van der Waals surface area contributed by atoms with Crippen LogP contribution >= 0.6 is 15.9 Å². The molecule has 0 N–H and O–H groups in total. The molecule has 0 saturated carbocycles. The van der Waals surface area contributed by atoms with Gasteiger partial charge in [0.25, 0.3) is 0 Å². The van der Waals surface area contributed by atoms with Crippen molar-refractivity contribution < 1.29 is 9.47 Å². The lowest BCUT2D eigenvalue weighted by molar-refractivity contribution is 0.109. The van der Waals surface area contributed by atoms with E-state index in [1.54, 1.807) is 12.4 Å². The molecule has 4 rings (SSSR count). The fourth-order valence-electron chi connectivity index (χ4n) is 3.56. The predicted molar refractivity (Wildman–Crippen MR) is 102 cm³/mol. The van der Waals surface area contributed by atoms with Crippen molar-refractivity contribution in [2.45, 2.75) is 25.9 Å². The molecule has 1 fully saturated rings. The summed E-state index contributed by atoms with van der Waals surface area (Å²) in [5.74, 6) is 1.14. The van der Waals surface area contributed by atoms with Crippen LogP contribution in [0.1, 0.15) is 29.7 Å². The topological polar surface area (TPSA) is 84.2 Å². The van der Waals surface area contributed by atoms with Crippen molar-refractivity contribution in [3.05, 3.63) is 39.8 Å². The van der Waals surface area contributed by atoms with Gasteiger partial charge < -0.3 is 14.4 Å². The molecule has 27 heavy (non-hydrogen) atoms. The lowest BCUT2D eigenvalue weighted by Gasteiger charge is -2.34. The van der Waals surface area contributed by atoms with Gasteiger partial charge in [0.2, 0.25) is 0 Å². The van der Waals surface area contributed by atoms with Gasteiger partial charge in [-0.05, 0) is 34.8 Å². The Morgan fingerprint density at radius 2 is 2.22 bits per heavy atom. The monoisotopic (exact) mass is 429 g/mol. The molecule has 0 amide bonds. The molecule has 0 spiro atoms. The first-order chi connectivity index (χ1) is 13.2. The van der Waals surface area contributed by atoms with Gasteiger partial charge in [-0.25, -0.2) is 15.0 Å². The zero-order valence-electron chi connectivity index (χ0n) is 14.9. The van der Waals surface area contributed by atoms with Crippen LogP contribution in [0.2, 0.25) is 0 Å². The van der Waals surface area contributed by atoms with Crippen molar-refractivity contribution in [3.8, 4) is 12.1 Å². The number of hydrogen-bond donors (Lipinski definition) is 0. The number of nitrogens with zero attached hydrogens (tertiary/aromatic N) is 5. The number of piperidine rings is 1. The molecule has 140 valence electrons. The number of anilines is 1. The number of rotatable bonds is 4. The van der Waals surface area contributed by atoms with Gasteiger partial charge in [-0.3, -0.25) is 0 Å². The van der Waals surface area contributed by atoms with Gasteiger partial charge >= 0.3 is 6.01 Å². The van der Waals surface area contributed by atoms with Gasteiger partial charge in [0.15, 0.2) is 0 Å². The van der Waals surface area contributed by atoms with Gasteiger partial charge in [0.05, 0.1) is 35.6 Å². The van der Waals surface area contributed by atoms with Crippen LogP contribution < -0.4 is 9.64 Å². The van der Waals surface area contributed by atoms with E-state index in [0.29, 0.717) is 37.3 Å². The number of pyridine rings is 1. The second-order valence-electron chi connectivity index (χ2n) is 6.83. The molecule has 0 aliphatic carbocycles. The molecular weight excluding hydrogens is 410 g/mol. The summed E-state index contributed by atoms with van der Waals surface area (Å²) < 4.78 is 12.1. The Labute approximate surface area is 166 Å². The largest absolute Gasteiger partial charge is 0.463 e. The van der Waals surface area contributed by atoms with E-state index in [-0.39, 0.29) is 0 Å². The van der Waals surface area contributed by atoms with Crippen LogP contribution in [-0.2, 0) is 17.8 Å². The summed E-state index contributed by atoms with van der Waals surface area (Å²) >= 11 is 3.32. The van der Waals surface area contributed by atoms with E-state index >= 15 is 0 Å². The first-order valence-corrected chi connectivity index (χ1v) is 9.88. The SMILES string of the molecule is N#Cc1cc2c(nc1N1CCCC(COc3ncc(Br)cn3)C1)CCOC2. The minimum Gasteiger partial charge on any atom is -0.463 e. The van der Waals surface area contributed by atoms with Crippen LogP contribution in [0.25, 0.3) is 0 Å². The molecular formula is C19H20BrN5O2. The zero-order chi connectivity index (χ0) is 18.6. The standard InChI is InChI=1S/C19H20BrN5O2/c20-16-8-22-19(23-9-16)27-11-13-2-1-4-25(10-13)18-14(7-21)6-15-12-26-5-3-17(15)24-18/h6,8-9,13H,1-5,10-12H2. The summed E-state index contributed by atoms with van der Waals surface area (Å²) in [4.78, 5) is 15.3. The fraction of sp³-hybridized carbons (Fsp3) is 0.474. The maximum atomic E-state index is 9.59. The second-order valence-corrected chi connectivity index (χ2v) is 7.74. The highest BCUT2D eigenvalue weighted by Crippen LogP contribution is 2.28. The third-order valence-corrected chi connectivity index (χ3v) is 5.31. The molecule has 2 aromatic rings. The number of ether oxygens (including phenoxy) is 2. The van der Waals surface area contributed by atoms with E-state index in [2.05, 4.69) is 36.9 Å². The lowest BCUT2D eigenvalue weighted by atomic mass is 9.98. The molecule has 7 nitrogen and oxygen atoms in total. The van der Waals surface area contributed by atoms with Crippen LogP contribution in [0.5, 0.6) is 6.01 Å². The van der Waals surface area contributed by atoms with Crippen LogP contribution in [0.4, 0.5) is 5.82 Å². The van der Waals surface area contributed by atoms with Gasteiger partial charge in [-0.1, -0.05) is 0 Å². The quantitative estimate of drug-likeness (QED) is 0.738. The maximum absolute atomic E-state index is 9.59. The number of hydrogen-bond acceptors (Lipinski definition) is 7. The van der Waals surface area contributed by atoms with Gasteiger partial charge in [0.1, 0.15) is 11.9 Å². The Kier molecular flexibility index (Phi) is 5.50. The molecule has 8 heteroatoms. The van der Waals surface area contributed by atoms with Crippen molar-refractivity contribution >= 4 is 21.7 Å². The van der Waals surface area contributed by atoms with E-state index in [1.807, 2.05) is 6.07 Å². The maximum Gasteiger partial charge on any atom is 0.316 e. The molecule has 2 aliphatic heterocycles. The molecule has 0 radical (unpaired) electrons. The van der Waals surface area contributed by atoms with Crippen molar-refractivity contribution in [3.63, 3.8) is 0 Å². The van der Waals surface area contributed by atoms with E-state index in [9.17, 15) is 5.26 Å². The first-order valence-electron chi connectivity index (χ1n) is 9.09. The number of nitriles is 1. The van der Waals surface area contributed by atoms with Crippen LogP contribution in [0, 0.1) is 17.2 Å². The molecule has 0 bridgehead atoms. The lowest BCUT2D eigenvalue weighted by Crippen LogP contribution is -2.39. The van der Waals surface area contributed by atoms with Gasteiger partial charge in [-0.15, -0.1) is 0 Å². The summed E-state index contributed by atoms with van der Waals surface area (Å²) in [7, 11) is 0. The van der Waals surface area contributed by atoms with E-state index < -0.39 is 0 Å². The fourth-order valence-corrected chi connectivity index (χ4v) is 3.76. The van der Waals surface area contributed by atoms with E-state index in [0.717, 1.165) is 53.9 Å². The molecule has 2 aliphatic rings. The van der Waals surface area contributed by atoms with Crippen molar-refractivity contribution in [1.29, 1.82) is 5.26 Å². The third kappa shape index (κ3) is 4.20. The highest BCUT2D eigenvalue weighted by molar-refractivity contribution is 9.10. The van der Waals surface area contributed by atoms with Gasteiger partial charge in [0, 0.05) is 43.4 Å². The van der Waals surface area contributed by atoms with Crippen LogP contribution in [-0.4, -0.2) is 41.3 Å². The summed E-state index contributed by atoms with van der Waals surface area (Å²) in [6, 6.07) is 4.63. The molecule has 0 aromatic carbocycles. The number of aromatic nitrogens is 3. The van der Waals surface area contributed by atoms with E-state index in [4.69, 9.17) is 14.5 Å². The Morgan fingerprint density at radius 3 is 3.04 bits per heavy atom. The average molecular weight is 430 g/mol. The first kappa shape index (κ1) is 18.1. The molecule has 2 aromatic heterocycles. The minimum absolute atomic E-state index is 0.346. The molecule has 1 atom stereocenters. The normalized spacial score (nSPS) is 19.3. The van der Waals surface area contributed by atoms with Gasteiger partial charge in [-0.2, -0.15) is 5.26 Å². The minimum atomic E-state index is 0.346. The third-order valence-electron chi connectivity index (χ3n) is 4.90. The molecule has 1 saturated heterocycles. The average Bonchev–Trinajstić information content (AvgIpc) is 2.72.